The van der Waals surface area contributed by atoms with E-state index >= 15 is 0 Å². The van der Waals surface area contributed by atoms with Gasteiger partial charge in [0.1, 0.15) is 0 Å². The minimum absolute atomic E-state index is 0.347. The Hall–Kier alpha value is -3.32. The Morgan fingerprint density at radius 1 is 1.10 bits per heavy atom. The van der Waals surface area contributed by atoms with E-state index in [-0.39, 0.29) is 5.97 Å². The van der Waals surface area contributed by atoms with E-state index in [4.69, 9.17) is 9.15 Å². The number of aryl methyl sites for hydroxylation is 1. The topological polar surface area (TPSA) is 70.2 Å². The molecule has 0 fully saturated rings. The van der Waals surface area contributed by atoms with E-state index in [9.17, 15) is 4.79 Å². The van der Waals surface area contributed by atoms with E-state index in [0.29, 0.717) is 22.9 Å². The van der Waals surface area contributed by atoms with Crippen LogP contribution in [0.3, 0.4) is 0 Å². The van der Waals surface area contributed by atoms with Crippen LogP contribution in [0.1, 0.15) is 21.5 Å². The van der Waals surface area contributed by atoms with Gasteiger partial charge in [-0.3, -0.25) is 4.57 Å². The van der Waals surface area contributed by atoms with E-state index in [0.717, 1.165) is 22.0 Å². The number of hydrogen-bond donors (Lipinski definition) is 0. The summed E-state index contributed by atoms with van der Waals surface area (Å²) in [5.74, 6) is 1.59. The normalized spacial score (nSPS) is 10.8. The van der Waals surface area contributed by atoms with Gasteiger partial charge < -0.3 is 9.15 Å². The molecule has 29 heavy (non-hydrogen) atoms. The Labute approximate surface area is 172 Å². The van der Waals surface area contributed by atoms with E-state index in [1.807, 2.05) is 53.1 Å². The lowest BCUT2D eigenvalue weighted by Gasteiger charge is -2.12. The Balaban J connectivity index is 1.68. The number of furan rings is 1. The van der Waals surface area contributed by atoms with E-state index in [1.165, 1.54) is 7.11 Å². The van der Waals surface area contributed by atoms with Gasteiger partial charge in [0.25, 0.3) is 0 Å². The predicted molar refractivity (Wildman–Crippen MR) is 111 cm³/mol. The number of rotatable bonds is 6. The fourth-order valence-corrected chi connectivity index (χ4v) is 3.90. The highest BCUT2D eigenvalue weighted by Gasteiger charge is 2.19. The maximum absolute atomic E-state index is 11.8. The van der Waals surface area contributed by atoms with Crippen LogP contribution in [0.15, 0.2) is 76.5 Å². The summed E-state index contributed by atoms with van der Waals surface area (Å²) in [6, 6.07) is 19.2. The first kappa shape index (κ1) is 19.0. The van der Waals surface area contributed by atoms with Gasteiger partial charge in [-0.15, -0.1) is 10.2 Å². The molecule has 2 heterocycles. The molecule has 0 radical (unpaired) electrons. The van der Waals surface area contributed by atoms with Crippen LogP contribution in [-0.4, -0.2) is 27.8 Å². The van der Waals surface area contributed by atoms with Crippen molar-refractivity contribution in [3.63, 3.8) is 0 Å². The zero-order chi connectivity index (χ0) is 20.2. The molecule has 0 N–H and O–H groups in total. The molecule has 0 bridgehead atoms. The van der Waals surface area contributed by atoms with Gasteiger partial charge in [-0.05, 0) is 48.4 Å². The fourth-order valence-electron chi connectivity index (χ4n) is 3.01. The molecule has 4 rings (SSSR count). The molecule has 0 aliphatic heterocycles. The molecule has 0 saturated carbocycles. The first-order valence-corrected chi connectivity index (χ1v) is 10.0. The van der Waals surface area contributed by atoms with Crippen LogP contribution >= 0.6 is 11.8 Å². The number of carbonyl (C=O) groups excluding carboxylic acids is 1. The quantitative estimate of drug-likeness (QED) is 0.335. The summed E-state index contributed by atoms with van der Waals surface area (Å²) in [7, 11) is 1.38. The molecule has 2 aromatic carbocycles. The Morgan fingerprint density at radius 2 is 1.97 bits per heavy atom. The Morgan fingerprint density at radius 3 is 2.72 bits per heavy atom. The van der Waals surface area contributed by atoms with Crippen LogP contribution in [0, 0.1) is 6.92 Å². The third-order valence-electron chi connectivity index (χ3n) is 4.45. The van der Waals surface area contributed by atoms with Crippen molar-refractivity contribution in [3.8, 4) is 17.3 Å². The second kappa shape index (κ2) is 8.36. The van der Waals surface area contributed by atoms with Crippen LogP contribution in [0.25, 0.3) is 17.3 Å². The van der Waals surface area contributed by atoms with Crippen molar-refractivity contribution in [1.82, 2.24) is 14.8 Å². The lowest BCUT2D eigenvalue weighted by atomic mass is 10.1. The largest absolute Gasteiger partial charge is 0.465 e. The molecule has 0 amide bonds. The number of thioether (sulfide) groups is 1. The number of ether oxygens (including phenoxy) is 1. The van der Waals surface area contributed by atoms with Gasteiger partial charge in [-0.2, -0.15) is 0 Å². The molecule has 0 aliphatic carbocycles. The first-order chi connectivity index (χ1) is 14.2. The molecule has 0 aliphatic rings. The summed E-state index contributed by atoms with van der Waals surface area (Å²) in [5, 5.41) is 9.52. The van der Waals surface area contributed by atoms with E-state index in [2.05, 4.69) is 23.2 Å². The van der Waals surface area contributed by atoms with Crippen molar-refractivity contribution in [1.29, 1.82) is 0 Å². The summed E-state index contributed by atoms with van der Waals surface area (Å²) < 4.78 is 12.4. The number of aromatic nitrogens is 3. The number of para-hydroxylation sites is 1. The van der Waals surface area contributed by atoms with Gasteiger partial charge in [0.2, 0.25) is 5.82 Å². The van der Waals surface area contributed by atoms with Crippen LogP contribution in [0.4, 0.5) is 0 Å². The number of methoxy groups -OCH3 is 1. The summed E-state index contributed by atoms with van der Waals surface area (Å²) >= 11 is 1.55. The second-order valence-corrected chi connectivity index (χ2v) is 7.33. The minimum atomic E-state index is -0.347. The van der Waals surface area contributed by atoms with Gasteiger partial charge in [0.05, 0.1) is 24.6 Å². The molecule has 2 aromatic heterocycles. The number of benzene rings is 2. The van der Waals surface area contributed by atoms with Crippen molar-refractivity contribution in [2.75, 3.05) is 7.11 Å². The van der Waals surface area contributed by atoms with Gasteiger partial charge >= 0.3 is 5.97 Å². The Kier molecular flexibility index (Phi) is 5.48. The number of esters is 1. The molecule has 4 aromatic rings. The average molecular weight is 405 g/mol. The number of nitrogens with zero attached hydrogens (tertiary/aromatic N) is 3. The van der Waals surface area contributed by atoms with Crippen LogP contribution in [0.2, 0.25) is 0 Å². The molecule has 146 valence electrons. The monoisotopic (exact) mass is 405 g/mol. The standard InChI is InChI=1S/C22H19N3O3S/c1-15-7-3-4-10-18(15)25-20(19-11-6-12-28-19)23-24-22(25)29-14-16-8-5-9-17(13-16)21(26)27-2/h3-13H,14H2,1-2H3. The molecular weight excluding hydrogens is 386 g/mol. The second-order valence-electron chi connectivity index (χ2n) is 6.39. The highest BCUT2D eigenvalue weighted by Crippen LogP contribution is 2.31. The van der Waals surface area contributed by atoms with Gasteiger partial charge in [0, 0.05) is 5.75 Å². The number of carbonyl (C=O) groups is 1. The maximum Gasteiger partial charge on any atom is 0.337 e. The highest BCUT2D eigenvalue weighted by molar-refractivity contribution is 7.98. The van der Waals surface area contributed by atoms with Gasteiger partial charge in [-0.1, -0.05) is 42.1 Å². The molecule has 0 spiro atoms. The van der Waals surface area contributed by atoms with Crippen molar-refractivity contribution in [2.45, 2.75) is 17.8 Å². The van der Waals surface area contributed by atoms with Gasteiger partial charge in [-0.25, -0.2) is 4.79 Å². The highest BCUT2D eigenvalue weighted by atomic mass is 32.2. The summed E-state index contributed by atoms with van der Waals surface area (Å²) in [6.45, 7) is 2.05. The fraction of sp³-hybridized carbons (Fsp3) is 0.136. The van der Waals surface area contributed by atoms with Crippen molar-refractivity contribution in [3.05, 3.63) is 83.6 Å². The zero-order valence-corrected chi connectivity index (χ0v) is 16.8. The van der Waals surface area contributed by atoms with Crippen LogP contribution in [0.5, 0.6) is 0 Å². The van der Waals surface area contributed by atoms with E-state index < -0.39 is 0 Å². The lowest BCUT2D eigenvalue weighted by molar-refractivity contribution is 0.0600. The van der Waals surface area contributed by atoms with Crippen molar-refractivity contribution in [2.24, 2.45) is 0 Å². The molecule has 6 nitrogen and oxygen atoms in total. The molecule has 0 saturated heterocycles. The lowest BCUT2D eigenvalue weighted by Crippen LogP contribution is -2.02. The number of hydrogen-bond acceptors (Lipinski definition) is 6. The van der Waals surface area contributed by atoms with Gasteiger partial charge in [0.15, 0.2) is 10.9 Å². The summed E-state index contributed by atoms with van der Waals surface area (Å²) in [5.41, 5.74) is 3.63. The third kappa shape index (κ3) is 3.95. The first-order valence-electron chi connectivity index (χ1n) is 9.02. The maximum atomic E-state index is 11.8. The van der Waals surface area contributed by atoms with Crippen molar-refractivity contribution < 1.29 is 13.9 Å². The van der Waals surface area contributed by atoms with E-state index in [1.54, 1.807) is 24.1 Å². The molecule has 0 atom stereocenters. The Bertz CT molecular complexity index is 1140. The summed E-state index contributed by atoms with van der Waals surface area (Å²) in [6.07, 6.45) is 1.62. The average Bonchev–Trinajstić information content (AvgIpc) is 3.42. The third-order valence-corrected chi connectivity index (χ3v) is 5.45. The van der Waals surface area contributed by atoms with Crippen molar-refractivity contribution >= 4 is 17.7 Å². The SMILES string of the molecule is COC(=O)c1cccc(CSc2nnc(-c3ccco3)n2-c2ccccc2C)c1. The zero-order valence-electron chi connectivity index (χ0n) is 16.0. The molecular formula is C22H19N3O3S. The molecule has 7 heteroatoms. The van der Waals surface area contributed by atoms with Crippen LogP contribution < -0.4 is 0 Å². The summed E-state index contributed by atoms with van der Waals surface area (Å²) in [4.78, 5) is 11.8. The smallest absolute Gasteiger partial charge is 0.337 e. The predicted octanol–water partition coefficient (Wildman–Crippen LogP) is 4.91. The molecule has 0 unspecified atom stereocenters. The van der Waals surface area contributed by atoms with Crippen LogP contribution in [-0.2, 0) is 10.5 Å². The minimum Gasteiger partial charge on any atom is -0.465 e.